The van der Waals surface area contributed by atoms with Gasteiger partial charge in [0.1, 0.15) is 5.75 Å². The van der Waals surface area contributed by atoms with Crippen molar-refractivity contribution < 1.29 is 14.3 Å². The zero-order valence-electron chi connectivity index (χ0n) is 13.0. The van der Waals surface area contributed by atoms with Crippen LogP contribution in [0.3, 0.4) is 0 Å². The van der Waals surface area contributed by atoms with E-state index in [9.17, 15) is 4.79 Å². The molecule has 6 heteroatoms. The number of nitrogens with one attached hydrogen (secondary N) is 2. The first-order valence-corrected chi connectivity index (χ1v) is 7.46. The maximum absolute atomic E-state index is 11.7. The van der Waals surface area contributed by atoms with Crippen LogP contribution in [-0.4, -0.2) is 39.3 Å². The maximum atomic E-state index is 11.7. The summed E-state index contributed by atoms with van der Waals surface area (Å²) in [6.07, 6.45) is 2.54. The van der Waals surface area contributed by atoms with E-state index in [-0.39, 0.29) is 18.3 Å². The van der Waals surface area contributed by atoms with Crippen molar-refractivity contribution in [2.45, 2.75) is 19.4 Å². The Hall–Kier alpha value is -1.30. The van der Waals surface area contributed by atoms with E-state index in [4.69, 9.17) is 9.47 Å². The van der Waals surface area contributed by atoms with E-state index in [2.05, 4.69) is 10.6 Å². The predicted octanol–water partition coefficient (Wildman–Crippen LogP) is 1.75. The summed E-state index contributed by atoms with van der Waals surface area (Å²) in [7, 11) is 1.64. The molecule has 1 aliphatic carbocycles. The van der Waals surface area contributed by atoms with Crippen molar-refractivity contribution >= 4 is 18.3 Å². The van der Waals surface area contributed by atoms with Gasteiger partial charge in [-0.1, -0.05) is 18.2 Å². The standard InChI is InChI=1S/C16H24N2O3.ClH/c1-20-9-8-17-11-16(19)18-10-14-4-2-3-5-15(14)21-12-13-6-7-13;/h2-5,13,17H,6-12H2,1H3,(H,18,19);1H. The Morgan fingerprint density at radius 2 is 2.09 bits per heavy atom. The third kappa shape index (κ3) is 7.11. The number of hydrogen-bond acceptors (Lipinski definition) is 4. The van der Waals surface area contributed by atoms with Crippen molar-refractivity contribution in [1.29, 1.82) is 0 Å². The van der Waals surface area contributed by atoms with Gasteiger partial charge in [-0.05, 0) is 24.8 Å². The van der Waals surface area contributed by atoms with Gasteiger partial charge in [-0.25, -0.2) is 0 Å². The zero-order chi connectivity index (χ0) is 14.9. The highest BCUT2D eigenvalue weighted by Gasteiger charge is 2.22. The van der Waals surface area contributed by atoms with E-state index in [0.717, 1.165) is 23.8 Å². The van der Waals surface area contributed by atoms with Gasteiger partial charge in [0.15, 0.2) is 0 Å². The summed E-state index contributed by atoms with van der Waals surface area (Å²) < 4.78 is 10.7. The van der Waals surface area contributed by atoms with Gasteiger partial charge >= 0.3 is 0 Å². The number of carbonyl (C=O) groups excluding carboxylic acids is 1. The van der Waals surface area contributed by atoms with Crippen LogP contribution < -0.4 is 15.4 Å². The Kier molecular flexibility index (Phi) is 8.89. The number of carbonyl (C=O) groups is 1. The fourth-order valence-corrected chi connectivity index (χ4v) is 1.92. The molecule has 0 atom stereocenters. The summed E-state index contributed by atoms with van der Waals surface area (Å²) in [5, 5.41) is 5.91. The number of methoxy groups -OCH3 is 1. The van der Waals surface area contributed by atoms with Crippen molar-refractivity contribution in [3.63, 3.8) is 0 Å². The highest BCUT2D eigenvalue weighted by molar-refractivity contribution is 5.85. The molecule has 1 saturated carbocycles. The number of amides is 1. The second-order valence-corrected chi connectivity index (χ2v) is 5.31. The molecular formula is C16H25ClN2O3. The van der Waals surface area contributed by atoms with Crippen LogP contribution >= 0.6 is 12.4 Å². The van der Waals surface area contributed by atoms with Crippen LogP contribution in [0, 0.1) is 5.92 Å². The smallest absolute Gasteiger partial charge is 0.234 e. The van der Waals surface area contributed by atoms with Crippen molar-refractivity contribution in [2.75, 3.05) is 33.4 Å². The third-order valence-electron chi connectivity index (χ3n) is 3.39. The largest absolute Gasteiger partial charge is 0.493 e. The van der Waals surface area contributed by atoms with Gasteiger partial charge in [0, 0.05) is 25.8 Å². The molecule has 124 valence electrons. The average Bonchev–Trinajstić information content (AvgIpc) is 3.32. The lowest BCUT2D eigenvalue weighted by Gasteiger charge is -2.12. The minimum absolute atomic E-state index is 0. The number of para-hydroxylation sites is 1. The van der Waals surface area contributed by atoms with Crippen LogP contribution in [-0.2, 0) is 16.1 Å². The van der Waals surface area contributed by atoms with Crippen LogP contribution in [0.4, 0.5) is 0 Å². The van der Waals surface area contributed by atoms with Gasteiger partial charge in [-0.2, -0.15) is 0 Å². The molecule has 2 N–H and O–H groups in total. The van der Waals surface area contributed by atoms with Crippen molar-refractivity contribution in [1.82, 2.24) is 10.6 Å². The number of rotatable bonds is 10. The number of halogens is 1. The third-order valence-corrected chi connectivity index (χ3v) is 3.39. The van der Waals surface area contributed by atoms with Crippen molar-refractivity contribution in [3.05, 3.63) is 29.8 Å². The molecule has 1 aliphatic rings. The molecule has 0 bridgehead atoms. The minimum atomic E-state index is -0.0249. The molecule has 22 heavy (non-hydrogen) atoms. The van der Waals surface area contributed by atoms with Gasteiger partial charge in [0.25, 0.3) is 0 Å². The van der Waals surface area contributed by atoms with Gasteiger partial charge in [0.2, 0.25) is 5.91 Å². The minimum Gasteiger partial charge on any atom is -0.493 e. The molecule has 1 fully saturated rings. The first-order valence-electron chi connectivity index (χ1n) is 7.46. The van der Waals surface area contributed by atoms with E-state index in [1.807, 2.05) is 24.3 Å². The molecule has 1 amide bonds. The SMILES string of the molecule is COCCNCC(=O)NCc1ccccc1OCC1CC1.Cl. The van der Waals surface area contributed by atoms with Crippen LogP contribution in [0.2, 0.25) is 0 Å². The second-order valence-electron chi connectivity index (χ2n) is 5.31. The highest BCUT2D eigenvalue weighted by Crippen LogP contribution is 2.30. The molecule has 1 aromatic rings. The van der Waals surface area contributed by atoms with Gasteiger partial charge in [-0.3, -0.25) is 4.79 Å². The summed E-state index contributed by atoms with van der Waals surface area (Å²) in [6, 6.07) is 7.86. The Morgan fingerprint density at radius 3 is 2.82 bits per heavy atom. The summed E-state index contributed by atoms with van der Waals surface area (Å²) in [6.45, 7) is 2.85. The van der Waals surface area contributed by atoms with E-state index < -0.39 is 0 Å². The molecule has 0 spiro atoms. The summed E-state index contributed by atoms with van der Waals surface area (Å²) in [4.78, 5) is 11.7. The van der Waals surface area contributed by atoms with Gasteiger partial charge < -0.3 is 20.1 Å². The Morgan fingerprint density at radius 1 is 1.32 bits per heavy atom. The first-order chi connectivity index (χ1) is 10.3. The Bertz CT molecular complexity index is 453. The number of benzene rings is 1. The topological polar surface area (TPSA) is 59.6 Å². The lowest BCUT2D eigenvalue weighted by Crippen LogP contribution is -2.34. The predicted molar refractivity (Wildman–Crippen MR) is 88.5 cm³/mol. The van der Waals surface area contributed by atoms with Crippen LogP contribution in [0.15, 0.2) is 24.3 Å². The van der Waals surface area contributed by atoms with E-state index in [1.165, 1.54) is 12.8 Å². The van der Waals surface area contributed by atoms with E-state index in [1.54, 1.807) is 7.11 Å². The zero-order valence-corrected chi connectivity index (χ0v) is 13.8. The molecule has 0 saturated heterocycles. The van der Waals surface area contributed by atoms with Crippen molar-refractivity contribution in [3.8, 4) is 5.75 Å². The van der Waals surface area contributed by atoms with E-state index >= 15 is 0 Å². The lowest BCUT2D eigenvalue weighted by molar-refractivity contribution is -0.120. The maximum Gasteiger partial charge on any atom is 0.234 e. The van der Waals surface area contributed by atoms with Crippen LogP contribution in [0.5, 0.6) is 5.75 Å². The number of hydrogen-bond donors (Lipinski definition) is 2. The van der Waals surface area contributed by atoms with E-state index in [0.29, 0.717) is 26.2 Å². The van der Waals surface area contributed by atoms with Gasteiger partial charge in [-0.15, -0.1) is 12.4 Å². The second kappa shape index (κ2) is 10.4. The van der Waals surface area contributed by atoms with Gasteiger partial charge in [0.05, 0.1) is 19.8 Å². The molecule has 0 aromatic heterocycles. The van der Waals surface area contributed by atoms with Crippen LogP contribution in [0.1, 0.15) is 18.4 Å². The monoisotopic (exact) mass is 328 g/mol. The molecule has 0 heterocycles. The Labute approximate surface area is 138 Å². The molecule has 1 aromatic carbocycles. The lowest BCUT2D eigenvalue weighted by atomic mass is 10.2. The molecular weight excluding hydrogens is 304 g/mol. The fraction of sp³-hybridized carbons (Fsp3) is 0.562. The fourth-order valence-electron chi connectivity index (χ4n) is 1.92. The molecule has 2 rings (SSSR count). The first kappa shape index (κ1) is 18.7. The normalized spacial score (nSPS) is 13.3. The average molecular weight is 329 g/mol. The number of ether oxygens (including phenoxy) is 2. The molecule has 5 nitrogen and oxygen atoms in total. The molecule has 0 aliphatic heterocycles. The van der Waals surface area contributed by atoms with Crippen LogP contribution in [0.25, 0.3) is 0 Å². The summed E-state index contributed by atoms with van der Waals surface area (Å²) >= 11 is 0. The highest BCUT2D eigenvalue weighted by atomic mass is 35.5. The molecule has 0 unspecified atom stereocenters. The molecule has 0 radical (unpaired) electrons. The van der Waals surface area contributed by atoms with Crippen molar-refractivity contribution in [2.24, 2.45) is 5.92 Å². The summed E-state index contributed by atoms with van der Waals surface area (Å²) in [5.74, 6) is 1.57. The Balaban J connectivity index is 0.00000242. The quantitative estimate of drug-likeness (QED) is 0.642. The summed E-state index contributed by atoms with van der Waals surface area (Å²) in [5.41, 5.74) is 1.02.